The summed E-state index contributed by atoms with van der Waals surface area (Å²) in [7, 11) is 8.67. The molecule has 46 heavy (non-hydrogen) atoms. The molecular weight excluding hydrogens is 600 g/mol. The molecule has 2 rings (SSSR count). The van der Waals surface area contributed by atoms with E-state index in [4.69, 9.17) is 39.4 Å². The van der Waals surface area contributed by atoms with E-state index in [1.807, 2.05) is 30.3 Å². The minimum absolute atomic E-state index is 0.165. The molecule has 13 nitrogen and oxygen atoms in total. The first-order valence-electron chi connectivity index (χ1n) is 14.6. The average molecular weight is 647 g/mol. The Kier molecular flexibility index (Phi) is 15.8. The Morgan fingerprint density at radius 1 is 0.826 bits per heavy atom. The molecule has 13 heteroatoms. The zero-order chi connectivity index (χ0) is 35.1. The normalized spacial score (nSPS) is 12.3. The third-order valence-corrected chi connectivity index (χ3v) is 7.71. The topological polar surface area (TPSA) is 196 Å². The number of carboxylic acids is 3. The van der Waals surface area contributed by atoms with Crippen LogP contribution in [0.4, 0.5) is 0 Å². The van der Waals surface area contributed by atoms with Crippen molar-refractivity contribution in [2.24, 2.45) is 5.92 Å². The largest absolute Gasteiger partial charge is 0.493 e. The lowest BCUT2D eigenvalue weighted by atomic mass is 9.69. The lowest BCUT2D eigenvalue weighted by molar-refractivity contribution is -0.170. The van der Waals surface area contributed by atoms with Gasteiger partial charge in [0.1, 0.15) is 0 Å². The third kappa shape index (κ3) is 11.1. The Morgan fingerprint density at radius 3 is 1.76 bits per heavy atom. The van der Waals surface area contributed by atoms with Crippen LogP contribution in [0.25, 0.3) is 0 Å². The molecule has 0 saturated carbocycles. The Hall–Kier alpha value is -4.54. The monoisotopic (exact) mass is 646 g/mol. The van der Waals surface area contributed by atoms with Crippen molar-refractivity contribution < 1.29 is 53.8 Å². The predicted molar refractivity (Wildman–Crippen MR) is 169 cm³/mol. The van der Waals surface area contributed by atoms with Gasteiger partial charge in [0.15, 0.2) is 28.6 Å². The third-order valence-electron chi connectivity index (χ3n) is 7.71. The Labute approximate surface area is 269 Å². The van der Waals surface area contributed by atoms with Crippen molar-refractivity contribution in [3.8, 4) is 29.1 Å². The zero-order valence-electron chi connectivity index (χ0n) is 27.5. The van der Waals surface area contributed by atoms with Gasteiger partial charge in [-0.3, -0.25) is 9.59 Å². The van der Waals surface area contributed by atoms with Gasteiger partial charge in [0.2, 0.25) is 0 Å². The van der Waals surface area contributed by atoms with E-state index >= 15 is 0 Å². The fraction of sp³-hybridized carbons (Fsp3) is 0.515. The fourth-order valence-electron chi connectivity index (χ4n) is 4.94. The molecule has 0 aliphatic rings. The summed E-state index contributed by atoms with van der Waals surface area (Å²) in [5, 5.41) is 44.1. The minimum atomic E-state index is -2.74. The van der Waals surface area contributed by atoms with Crippen LogP contribution in [-0.2, 0) is 26.2 Å². The summed E-state index contributed by atoms with van der Waals surface area (Å²) in [4.78, 5) is 32.8. The van der Waals surface area contributed by atoms with Gasteiger partial charge in [-0.1, -0.05) is 26.0 Å². The van der Waals surface area contributed by atoms with Crippen LogP contribution < -0.4 is 18.9 Å². The second kappa shape index (κ2) is 18.4. The molecule has 4 N–H and O–H groups in total. The van der Waals surface area contributed by atoms with Crippen LogP contribution in [0, 0.1) is 17.2 Å². The first-order valence-corrected chi connectivity index (χ1v) is 14.6. The van der Waals surface area contributed by atoms with Gasteiger partial charge in [0.05, 0.1) is 52.8 Å². The number of hydrogen-bond donors (Lipinski definition) is 4. The molecule has 0 spiro atoms. The van der Waals surface area contributed by atoms with Gasteiger partial charge < -0.3 is 44.3 Å². The molecule has 0 aromatic heterocycles. The molecule has 2 aromatic carbocycles. The maximum Gasteiger partial charge on any atom is 0.336 e. The van der Waals surface area contributed by atoms with E-state index in [1.165, 1.54) is 5.56 Å². The van der Waals surface area contributed by atoms with E-state index in [0.29, 0.717) is 11.5 Å². The van der Waals surface area contributed by atoms with E-state index in [2.05, 4.69) is 37.9 Å². The summed E-state index contributed by atoms with van der Waals surface area (Å²) in [6.45, 7) is 6.06. The number of methoxy groups -OCH3 is 4. The van der Waals surface area contributed by atoms with Gasteiger partial charge in [0, 0.05) is 6.54 Å². The first-order chi connectivity index (χ1) is 21.6. The second-order valence-electron chi connectivity index (χ2n) is 11.1. The van der Waals surface area contributed by atoms with Crippen molar-refractivity contribution in [2.45, 2.75) is 57.0 Å². The Balaban J connectivity index is 0.000000685. The van der Waals surface area contributed by atoms with Gasteiger partial charge in [-0.05, 0) is 74.2 Å². The van der Waals surface area contributed by atoms with Crippen molar-refractivity contribution in [3.63, 3.8) is 0 Å². The highest BCUT2D eigenvalue weighted by Gasteiger charge is 2.41. The highest BCUT2D eigenvalue weighted by molar-refractivity contribution is 5.88. The summed E-state index contributed by atoms with van der Waals surface area (Å²) in [6, 6.07) is 14.5. The molecule has 0 fully saturated rings. The van der Waals surface area contributed by atoms with E-state index in [-0.39, 0.29) is 5.92 Å². The van der Waals surface area contributed by atoms with E-state index < -0.39 is 41.8 Å². The first kappa shape index (κ1) is 39.5. The molecule has 0 aliphatic heterocycles. The SMILES string of the molecule is COc1ccc(CCN(C)CCC[C@@](C#N)(c2ccc(OC)c(OC)c2)C(C)C)cc1OC.O=C(O)CC(O)(CC(=O)O)C(=O)O. The lowest BCUT2D eigenvalue weighted by Gasteiger charge is -2.32. The van der Waals surface area contributed by atoms with E-state index in [1.54, 1.807) is 28.4 Å². The molecule has 0 saturated heterocycles. The molecule has 2 aromatic rings. The summed E-state index contributed by atoms with van der Waals surface area (Å²) >= 11 is 0. The van der Waals surface area contributed by atoms with Crippen molar-refractivity contribution >= 4 is 17.9 Å². The number of benzene rings is 2. The summed E-state index contributed by atoms with van der Waals surface area (Å²) in [5.41, 5.74) is -1.13. The molecule has 0 heterocycles. The maximum absolute atomic E-state index is 10.3. The summed E-state index contributed by atoms with van der Waals surface area (Å²) in [6.07, 6.45) is 0.323. The van der Waals surface area contributed by atoms with Crippen LogP contribution in [0.3, 0.4) is 0 Å². The minimum Gasteiger partial charge on any atom is -0.493 e. The van der Waals surface area contributed by atoms with Crippen molar-refractivity contribution in [2.75, 3.05) is 48.6 Å². The number of carbonyl (C=O) groups is 3. The molecule has 0 unspecified atom stereocenters. The number of hydrogen-bond acceptors (Lipinski definition) is 10. The van der Waals surface area contributed by atoms with Crippen LogP contribution in [0.2, 0.25) is 0 Å². The number of aliphatic hydroxyl groups is 1. The molecule has 0 amide bonds. The molecule has 0 bridgehead atoms. The molecule has 0 radical (unpaired) electrons. The van der Waals surface area contributed by atoms with Gasteiger partial charge in [0.25, 0.3) is 0 Å². The van der Waals surface area contributed by atoms with Crippen LogP contribution in [0.5, 0.6) is 23.0 Å². The van der Waals surface area contributed by atoms with Gasteiger partial charge >= 0.3 is 17.9 Å². The predicted octanol–water partition coefficient (Wildman–Crippen LogP) is 3.84. The van der Waals surface area contributed by atoms with Crippen LogP contribution >= 0.6 is 0 Å². The van der Waals surface area contributed by atoms with Gasteiger partial charge in [-0.15, -0.1) is 0 Å². The number of aliphatic carboxylic acids is 3. The van der Waals surface area contributed by atoms with Gasteiger partial charge in [-0.2, -0.15) is 5.26 Å². The Morgan fingerprint density at radius 2 is 1.33 bits per heavy atom. The van der Waals surface area contributed by atoms with Crippen LogP contribution in [0.15, 0.2) is 36.4 Å². The summed E-state index contributed by atoms with van der Waals surface area (Å²) in [5.74, 6) is -2.03. The lowest BCUT2D eigenvalue weighted by Crippen LogP contribution is -2.42. The number of rotatable bonds is 18. The zero-order valence-corrected chi connectivity index (χ0v) is 27.5. The van der Waals surface area contributed by atoms with Crippen molar-refractivity contribution in [3.05, 3.63) is 47.5 Å². The number of ether oxygens (including phenoxy) is 4. The number of likely N-dealkylation sites (N-methyl/N-ethyl adjacent to an activating group) is 1. The molecule has 1 atom stereocenters. The summed E-state index contributed by atoms with van der Waals surface area (Å²) < 4.78 is 21.6. The highest BCUT2D eigenvalue weighted by Crippen LogP contribution is 2.40. The van der Waals surface area contributed by atoms with Crippen molar-refractivity contribution in [1.29, 1.82) is 5.26 Å². The van der Waals surface area contributed by atoms with E-state index in [0.717, 1.165) is 49.4 Å². The van der Waals surface area contributed by atoms with Crippen LogP contribution in [-0.4, -0.2) is 97.4 Å². The van der Waals surface area contributed by atoms with Gasteiger partial charge in [-0.25, -0.2) is 4.79 Å². The standard InChI is InChI=1S/C27H38N2O4.C6H8O7/c1-20(2)27(19-28,22-10-12-24(31-5)26(18-22)33-7)14-8-15-29(3)16-13-21-9-11-23(30-4)25(17-21)32-6;7-3(8)1-6(13,5(11)12)2-4(9)10/h9-12,17-18,20H,8,13-16H2,1-7H3;13H,1-2H2,(H,7,8)(H,9,10)(H,11,12)/t27-;/m0./s1. The fourth-order valence-corrected chi connectivity index (χ4v) is 4.94. The molecular formula is C33H46N2O11. The maximum atomic E-state index is 10.3. The average Bonchev–Trinajstić information content (AvgIpc) is 3.00. The quantitative estimate of drug-likeness (QED) is 0.182. The smallest absolute Gasteiger partial charge is 0.336 e. The number of carboxylic acid groups (broad SMARTS) is 3. The second-order valence-corrected chi connectivity index (χ2v) is 11.1. The number of nitrogens with zero attached hydrogens (tertiary/aromatic N) is 2. The Bertz CT molecular complexity index is 1340. The van der Waals surface area contributed by atoms with Crippen molar-refractivity contribution in [1.82, 2.24) is 4.90 Å². The van der Waals surface area contributed by atoms with E-state index in [9.17, 15) is 19.6 Å². The molecule has 254 valence electrons. The van der Waals surface area contributed by atoms with Crippen LogP contribution in [0.1, 0.15) is 50.7 Å². The highest BCUT2D eigenvalue weighted by atomic mass is 16.5. The molecule has 0 aliphatic carbocycles. The number of nitriles is 1.